The first kappa shape index (κ1) is 15.4. The molecule has 1 saturated carbocycles. The van der Waals surface area contributed by atoms with Crippen LogP contribution in [0.5, 0.6) is 0 Å². The van der Waals surface area contributed by atoms with E-state index in [0.29, 0.717) is 11.7 Å². The predicted molar refractivity (Wildman–Crippen MR) is 82.8 cm³/mol. The highest BCUT2D eigenvalue weighted by Gasteiger charge is 2.27. The molecule has 0 spiro atoms. The highest BCUT2D eigenvalue weighted by molar-refractivity contribution is 7.09. The van der Waals surface area contributed by atoms with Crippen LogP contribution in [0.15, 0.2) is 5.38 Å². The van der Waals surface area contributed by atoms with Gasteiger partial charge in [0.1, 0.15) is 10.7 Å². The van der Waals surface area contributed by atoms with Crippen LogP contribution in [0.3, 0.4) is 0 Å². The Morgan fingerprint density at radius 3 is 2.65 bits per heavy atom. The number of nitrogens with zero attached hydrogens (tertiary/aromatic N) is 2. The number of thiazole rings is 1. The van der Waals surface area contributed by atoms with Gasteiger partial charge in [-0.2, -0.15) is 0 Å². The zero-order valence-corrected chi connectivity index (χ0v) is 13.4. The van der Waals surface area contributed by atoms with Gasteiger partial charge in [-0.1, -0.05) is 13.3 Å². The highest BCUT2D eigenvalue weighted by Crippen LogP contribution is 2.29. The lowest BCUT2D eigenvalue weighted by Crippen LogP contribution is -2.39. The lowest BCUT2D eigenvalue weighted by molar-refractivity contribution is 0.0669. The lowest BCUT2D eigenvalue weighted by Gasteiger charge is -2.34. The van der Waals surface area contributed by atoms with Crippen LogP contribution in [0.1, 0.15) is 67.5 Å². The Bertz CT molecular complexity index is 450. The van der Waals surface area contributed by atoms with E-state index in [0.717, 1.165) is 23.8 Å². The summed E-state index contributed by atoms with van der Waals surface area (Å²) in [5.74, 6) is 0.881. The number of amides is 1. The Morgan fingerprint density at radius 2 is 2.15 bits per heavy atom. The molecule has 2 N–H and O–H groups in total. The standard InChI is InChI=1S/C15H25N3OS/c1-4-11-5-7-12(8-6-11)18(3)15(19)13-9-20-14(17-13)10(2)16/h9-12H,4-8,16H2,1-3H3. The van der Waals surface area contributed by atoms with Crippen LogP contribution < -0.4 is 5.73 Å². The summed E-state index contributed by atoms with van der Waals surface area (Å²) in [5, 5.41) is 2.66. The monoisotopic (exact) mass is 295 g/mol. The second-order valence-corrected chi connectivity index (χ2v) is 6.75. The van der Waals surface area contributed by atoms with E-state index in [9.17, 15) is 4.79 Å². The number of hydrogen-bond donors (Lipinski definition) is 1. The molecule has 2 rings (SSSR count). The van der Waals surface area contributed by atoms with Gasteiger partial charge < -0.3 is 10.6 Å². The average molecular weight is 295 g/mol. The van der Waals surface area contributed by atoms with Gasteiger partial charge in [0.05, 0.1) is 6.04 Å². The first-order valence-corrected chi connectivity index (χ1v) is 8.39. The molecule has 0 aliphatic heterocycles. The molecule has 1 aliphatic carbocycles. The molecule has 1 heterocycles. The van der Waals surface area contributed by atoms with Gasteiger partial charge in [0.2, 0.25) is 0 Å². The predicted octanol–water partition coefficient (Wildman–Crippen LogP) is 3.20. The van der Waals surface area contributed by atoms with Crippen LogP contribution in [0.4, 0.5) is 0 Å². The molecule has 1 atom stereocenters. The summed E-state index contributed by atoms with van der Waals surface area (Å²) in [6.07, 6.45) is 5.96. The zero-order valence-electron chi connectivity index (χ0n) is 12.6. The Labute approximate surface area is 125 Å². The van der Waals surface area contributed by atoms with Gasteiger partial charge in [0.15, 0.2) is 0 Å². The molecule has 0 radical (unpaired) electrons. The Kier molecular flexibility index (Phi) is 5.16. The lowest BCUT2D eigenvalue weighted by atomic mass is 9.84. The fourth-order valence-corrected chi connectivity index (χ4v) is 3.63. The number of carbonyl (C=O) groups is 1. The van der Waals surface area contributed by atoms with E-state index < -0.39 is 0 Å². The van der Waals surface area contributed by atoms with Gasteiger partial charge in [-0.3, -0.25) is 4.79 Å². The molecule has 5 heteroatoms. The van der Waals surface area contributed by atoms with E-state index in [1.807, 2.05) is 24.3 Å². The van der Waals surface area contributed by atoms with Gasteiger partial charge in [-0.25, -0.2) is 4.98 Å². The molecular weight excluding hydrogens is 270 g/mol. The number of hydrogen-bond acceptors (Lipinski definition) is 4. The van der Waals surface area contributed by atoms with Crippen molar-refractivity contribution in [3.63, 3.8) is 0 Å². The van der Waals surface area contributed by atoms with E-state index in [4.69, 9.17) is 5.73 Å². The number of carbonyl (C=O) groups excluding carboxylic acids is 1. The average Bonchev–Trinajstić information content (AvgIpc) is 2.96. The third-order valence-corrected chi connectivity index (χ3v) is 5.44. The smallest absolute Gasteiger partial charge is 0.273 e. The van der Waals surface area contributed by atoms with E-state index >= 15 is 0 Å². The van der Waals surface area contributed by atoms with Gasteiger partial charge >= 0.3 is 0 Å². The Hall–Kier alpha value is -0.940. The minimum atomic E-state index is -0.105. The van der Waals surface area contributed by atoms with Crippen molar-refractivity contribution >= 4 is 17.2 Å². The van der Waals surface area contributed by atoms with Crippen molar-refractivity contribution in [2.75, 3.05) is 7.05 Å². The molecule has 1 aromatic rings. The van der Waals surface area contributed by atoms with Crippen molar-refractivity contribution in [3.8, 4) is 0 Å². The molecule has 20 heavy (non-hydrogen) atoms. The SMILES string of the molecule is CCC1CCC(N(C)C(=O)c2csc(C(C)N)n2)CC1. The first-order valence-electron chi connectivity index (χ1n) is 7.51. The summed E-state index contributed by atoms with van der Waals surface area (Å²) in [7, 11) is 1.91. The normalized spacial score (nSPS) is 24.4. The number of aromatic nitrogens is 1. The van der Waals surface area contributed by atoms with Gasteiger partial charge in [0, 0.05) is 18.5 Å². The number of nitrogens with two attached hydrogens (primary N) is 1. The van der Waals surface area contributed by atoms with Crippen molar-refractivity contribution in [1.82, 2.24) is 9.88 Å². The van der Waals surface area contributed by atoms with Crippen LogP contribution in [-0.2, 0) is 0 Å². The molecule has 1 fully saturated rings. The second kappa shape index (κ2) is 6.68. The molecule has 4 nitrogen and oxygen atoms in total. The zero-order chi connectivity index (χ0) is 14.7. The van der Waals surface area contributed by atoms with Crippen LogP contribution in [0, 0.1) is 5.92 Å². The van der Waals surface area contributed by atoms with Crippen molar-refractivity contribution in [1.29, 1.82) is 0 Å². The van der Waals surface area contributed by atoms with Crippen molar-refractivity contribution in [2.24, 2.45) is 11.7 Å². The first-order chi connectivity index (χ1) is 9.52. The molecule has 112 valence electrons. The maximum absolute atomic E-state index is 12.5. The summed E-state index contributed by atoms with van der Waals surface area (Å²) in [4.78, 5) is 18.7. The third-order valence-electron chi connectivity index (χ3n) is 4.39. The molecule has 1 aromatic heterocycles. The molecule has 0 aromatic carbocycles. The Balaban J connectivity index is 1.97. The van der Waals surface area contributed by atoms with Crippen molar-refractivity contribution in [3.05, 3.63) is 16.1 Å². The maximum Gasteiger partial charge on any atom is 0.273 e. The fraction of sp³-hybridized carbons (Fsp3) is 0.733. The molecule has 1 aliphatic rings. The summed E-state index contributed by atoms with van der Waals surface area (Å²) in [6, 6.07) is 0.262. The van der Waals surface area contributed by atoms with E-state index in [-0.39, 0.29) is 11.9 Å². The van der Waals surface area contributed by atoms with E-state index in [1.54, 1.807) is 0 Å². The molecule has 0 bridgehead atoms. The van der Waals surface area contributed by atoms with Gasteiger partial charge in [-0.05, 0) is 38.5 Å². The molecular formula is C15H25N3OS. The second-order valence-electron chi connectivity index (χ2n) is 5.86. The topological polar surface area (TPSA) is 59.2 Å². The van der Waals surface area contributed by atoms with Crippen LogP contribution in [0.25, 0.3) is 0 Å². The minimum absolute atomic E-state index is 0.0353. The summed E-state index contributed by atoms with van der Waals surface area (Å²) in [6.45, 7) is 4.15. The van der Waals surface area contributed by atoms with Gasteiger partial charge in [0.25, 0.3) is 5.91 Å². The third kappa shape index (κ3) is 3.38. The minimum Gasteiger partial charge on any atom is -0.337 e. The molecule has 0 saturated heterocycles. The summed E-state index contributed by atoms with van der Waals surface area (Å²) >= 11 is 1.47. The largest absolute Gasteiger partial charge is 0.337 e. The number of rotatable bonds is 4. The van der Waals surface area contributed by atoms with Gasteiger partial charge in [-0.15, -0.1) is 11.3 Å². The molecule has 1 unspecified atom stereocenters. The summed E-state index contributed by atoms with van der Waals surface area (Å²) in [5.41, 5.74) is 6.34. The van der Waals surface area contributed by atoms with Crippen molar-refractivity contribution in [2.45, 2.75) is 58.0 Å². The maximum atomic E-state index is 12.5. The van der Waals surface area contributed by atoms with Crippen LogP contribution in [0.2, 0.25) is 0 Å². The Morgan fingerprint density at radius 1 is 1.50 bits per heavy atom. The van der Waals surface area contributed by atoms with Crippen molar-refractivity contribution < 1.29 is 4.79 Å². The molecule has 1 amide bonds. The summed E-state index contributed by atoms with van der Waals surface area (Å²) < 4.78 is 0. The van der Waals surface area contributed by atoms with E-state index in [2.05, 4.69) is 11.9 Å². The van der Waals surface area contributed by atoms with E-state index in [1.165, 1.54) is 30.6 Å². The highest BCUT2D eigenvalue weighted by atomic mass is 32.1. The fourth-order valence-electron chi connectivity index (χ4n) is 2.88. The quantitative estimate of drug-likeness (QED) is 0.928. The van der Waals surface area contributed by atoms with Crippen LogP contribution >= 0.6 is 11.3 Å². The van der Waals surface area contributed by atoms with Crippen LogP contribution in [-0.4, -0.2) is 28.9 Å².